The maximum atomic E-state index is 10.5. The lowest BCUT2D eigenvalue weighted by molar-refractivity contribution is 0.0644. The molecular weight excluding hydrogens is 310 g/mol. The average Bonchev–Trinajstić information content (AvgIpc) is 2.92. The summed E-state index contributed by atoms with van der Waals surface area (Å²) in [5, 5.41) is 20.6. The Morgan fingerprint density at radius 1 is 1.17 bits per heavy atom. The molecule has 0 radical (unpaired) electrons. The lowest BCUT2D eigenvalue weighted by Crippen LogP contribution is -2.10. The second kappa shape index (κ2) is 12.5. The van der Waals surface area contributed by atoms with Crippen LogP contribution in [0.2, 0.25) is 0 Å². The lowest BCUT2D eigenvalue weighted by Gasteiger charge is -2.09. The number of rotatable bonds is 10. The topological polar surface area (TPSA) is 118 Å². The van der Waals surface area contributed by atoms with Crippen molar-refractivity contribution in [2.75, 3.05) is 6.54 Å². The van der Waals surface area contributed by atoms with E-state index >= 15 is 0 Å². The van der Waals surface area contributed by atoms with Crippen molar-refractivity contribution >= 4 is 11.9 Å². The summed E-state index contributed by atoms with van der Waals surface area (Å²) in [4.78, 5) is 20.9. The summed E-state index contributed by atoms with van der Waals surface area (Å²) in [6.07, 6.45) is 10.5. The highest BCUT2D eigenvalue weighted by atomic mass is 16.4. The first-order chi connectivity index (χ1) is 11.3. The molecule has 0 aliphatic heterocycles. The fourth-order valence-corrected chi connectivity index (χ4v) is 2.38. The Balaban J connectivity index is 0.000000441. The van der Waals surface area contributed by atoms with Gasteiger partial charge in [0.25, 0.3) is 0 Å². The second-order valence-electron chi connectivity index (χ2n) is 6.03. The number of carboxylic acids is 2. The van der Waals surface area contributed by atoms with E-state index in [1.54, 1.807) is 0 Å². The Bertz CT molecular complexity index is 500. The van der Waals surface area contributed by atoms with Gasteiger partial charge >= 0.3 is 11.9 Å². The van der Waals surface area contributed by atoms with E-state index in [1.165, 1.54) is 52.0 Å². The molecule has 4 N–H and O–H groups in total. The Morgan fingerprint density at radius 3 is 2.25 bits per heavy atom. The SMILES string of the molecule is CCCCCCC(C)CCCN.Cn1ncc(C(=O)O)c1C(=O)O. The molecule has 0 fully saturated rings. The standard InChI is InChI=1S/C11H25N.C6H6N2O4/c1-3-4-5-6-8-11(2)9-7-10-12;1-8-4(6(11)12)3(2-7-8)5(9)10/h11H,3-10,12H2,1-2H3;2H,1H3,(H,9,10)(H,11,12). The molecule has 0 aliphatic rings. The third-order valence-electron chi connectivity index (χ3n) is 3.82. The van der Waals surface area contributed by atoms with Gasteiger partial charge in [-0.1, -0.05) is 46.0 Å². The number of hydrogen-bond acceptors (Lipinski definition) is 4. The molecule has 0 aliphatic carbocycles. The van der Waals surface area contributed by atoms with Crippen LogP contribution in [-0.2, 0) is 7.05 Å². The zero-order chi connectivity index (χ0) is 18.5. The highest BCUT2D eigenvalue weighted by Gasteiger charge is 2.20. The molecule has 1 rings (SSSR count). The predicted molar refractivity (Wildman–Crippen MR) is 93.3 cm³/mol. The first-order valence-electron chi connectivity index (χ1n) is 8.53. The fourth-order valence-electron chi connectivity index (χ4n) is 2.38. The molecule has 1 atom stereocenters. The summed E-state index contributed by atoms with van der Waals surface area (Å²) in [5.41, 5.74) is 4.84. The van der Waals surface area contributed by atoms with Gasteiger partial charge in [0.05, 0.1) is 6.20 Å². The van der Waals surface area contributed by atoms with Crippen molar-refractivity contribution in [1.82, 2.24) is 9.78 Å². The maximum Gasteiger partial charge on any atom is 0.355 e. The quantitative estimate of drug-likeness (QED) is 0.563. The van der Waals surface area contributed by atoms with Crippen LogP contribution in [0.5, 0.6) is 0 Å². The molecule has 0 saturated carbocycles. The molecule has 1 aromatic heterocycles. The third-order valence-corrected chi connectivity index (χ3v) is 3.82. The summed E-state index contributed by atoms with van der Waals surface area (Å²) in [5.74, 6) is -1.70. The van der Waals surface area contributed by atoms with Crippen molar-refractivity contribution in [3.05, 3.63) is 17.5 Å². The minimum atomic E-state index is -1.30. The normalized spacial score (nSPS) is 11.5. The largest absolute Gasteiger partial charge is 0.478 e. The van der Waals surface area contributed by atoms with Gasteiger partial charge in [0.2, 0.25) is 0 Å². The molecule has 0 bridgehead atoms. The number of unbranched alkanes of at least 4 members (excludes halogenated alkanes) is 3. The summed E-state index contributed by atoms with van der Waals surface area (Å²) < 4.78 is 1.01. The van der Waals surface area contributed by atoms with Gasteiger partial charge in [0, 0.05) is 7.05 Å². The van der Waals surface area contributed by atoms with Gasteiger partial charge in [0.15, 0.2) is 5.69 Å². The van der Waals surface area contributed by atoms with Gasteiger partial charge in [-0.3, -0.25) is 4.68 Å². The van der Waals surface area contributed by atoms with Crippen LogP contribution in [0.15, 0.2) is 6.20 Å². The molecule has 1 aromatic rings. The Hall–Kier alpha value is -1.89. The monoisotopic (exact) mass is 341 g/mol. The van der Waals surface area contributed by atoms with E-state index in [0.29, 0.717) is 0 Å². The van der Waals surface area contributed by atoms with Gasteiger partial charge in [-0.2, -0.15) is 5.10 Å². The predicted octanol–water partition coefficient (Wildman–Crippen LogP) is 3.15. The smallest absolute Gasteiger partial charge is 0.355 e. The highest BCUT2D eigenvalue weighted by Crippen LogP contribution is 2.14. The number of aromatic nitrogens is 2. The van der Waals surface area contributed by atoms with E-state index in [2.05, 4.69) is 18.9 Å². The zero-order valence-electron chi connectivity index (χ0n) is 15.0. The van der Waals surface area contributed by atoms with Gasteiger partial charge in [-0.15, -0.1) is 0 Å². The first-order valence-corrected chi connectivity index (χ1v) is 8.53. The molecule has 7 heteroatoms. The van der Waals surface area contributed by atoms with E-state index in [1.807, 2.05) is 0 Å². The second-order valence-corrected chi connectivity index (χ2v) is 6.03. The first kappa shape index (κ1) is 22.1. The van der Waals surface area contributed by atoms with Crippen LogP contribution in [0.1, 0.15) is 79.6 Å². The van der Waals surface area contributed by atoms with Crippen molar-refractivity contribution in [3.63, 3.8) is 0 Å². The summed E-state index contributed by atoms with van der Waals surface area (Å²) in [7, 11) is 1.37. The Kier molecular flexibility index (Phi) is 11.5. The van der Waals surface area contributed by atoms with Crippen LogP contribution in [0, 0.1) is 5.92 Å². The van der Waals surface area contributed by atoms with Crippen LogP contribution in [0.25, 0.3) is 0 Å². The summed E-state index contributed by atoms with van der Waals surface area (Å²) >= 11 is 0. The molecule has 1 heterocycles. The molecule has 1 unspecified atom stereocenters. The number of aryl methyl sites for hydroxylation is 1. The number of aromatic carboxylic acids is 2. The number of nitrogens with two attached hydrogens (primary N) is 1. The lowest BCUT2D eigenvalue weighted by atomic mass is 9.98. The Morgan fingerprint density at radius 2 is 1.79 bits per heavy atom. The average molecular weight is 341 g/mol. The summed E-state index contributed by atoms with van der Waals surface area (Å²) in [6, 6.07) is 0. The molecular formula is C17H31N3O4. The van der Waals surface area contributed by atoms with Crippen molar-refractivity contribution in [2.45, 2.75) is 58.8 Å². The van der Waals surface area contributed by atoms with E-state index in [0.717, 1.165) is 23.3 Å². The van der Waals surface area contributed by atoms with Gasteiger partial charge in [-0.05, 0) is 25.3 Å². The van der Waals surface area contributed by atoms with Gasteiger partial charge in [-0.25, -0.2) is 9.59 Å². The molecule has 138 valence electrons. The van der Waals surface area contributed by atoms with Crippen LogP contribution in [0.4, 0.5) is 0 Å². The van der Waals surface area contributed by atoms with E-state index in [9.17, 15) is 9.59 Å². The minimum absolute atomic E-state index is 0.301. The number of carboxylic acid groups (broad SMARTS) is 2. The summed E-state index contributed by atoms with van der Waals surface area (Å²) in [6.45, 7) is 5.47. The third kappa shape index (κ3) is 8.67. The zero-order valence-corrected chi connectivity index (χ0v) is 15.0. The molecule has 0 saturated heterocycles. The molecule has 0 aromatic carbocycles. The molecule has 7 nitrogen and oxygen atoms in total. The maximum absolute atomic E-state index is 10.5. The number of carbonyl (C=O) groups is 2. The molecule has 24 heavy (non-hydrogen) atoms. The van der Waals surface area contributed by atoms with Gasteiger partial charge < -0.3 is 15.9 Å². The van der Waals surface area contributed by atoms with Crippen molar-refractivity contribution in [2.24, 2.45) is 18.7 Å². The van der Waals surface area contributed by atoms with Crippen LogP contribution in [-0.4, -0.2) is 38.5 Å². The Labute approximate surface area is 143 Å². The van der Waals surface area contributed by atoms with Crippen LogP contribution in [0.3, 0.4) is 0 Å². The molecule has 0 spiro atoms. The van der Waals surface area contributed by atoms with Crippen molar-refractivity contribution in [3.8, 4) is 0 Å². The minimum Gasteiger partial charge on any atom is -0.478 e. The van der Waals surface area contributed by atoms with Crippen LogP contribution >= 0.6 is 0 Å². The fraction of sp³-hybridized carbons (Fsp3) is 0.706. The van der Waals surface area contributed by atoms with E-state index in [-0.39, 0.29) is 11.3 Å². The van der Waals surface area contributed by atoms with Gasteiger partial charge in [0.1, 0.15) is 5.56 Å². The number of nitrogens with zero attached hydrogens (tertiary/aromatic N) is 2. The number of hydrogen-bond donors (Lipinski definition) is 3. The highest BCUT2D eigenvalue weighted by molar-refractivity contribution is 6.00. The van der Waals surface area contributed by atoms with E-state index < -0.39 is 11.9 Å². The van der Waals surface area contributed by atoms with Crippen molar-refractivity contribution in [1.29, 1.82) is 0 Å². The molecule has 0 amide bonds. The van der Waals surface area contributed by atoms with Crippen LogP contribution < -0.4 is 5.73 Å². The van der Waals surface area contributed by atoms with Crippen molar-refractivity contribution < 1.29 is 19.8 Å². The van der Waals surface area contributed by atoms with E-state index in [4.69, 9.17) is 15.9 Å².